The summed E-state index contributed by atoms with van der Waals surface area (Å²) in [5.74, 6) is 0. The highest BCUT2D eigenvalue weighted by molar-refractivity contribution is 7.11. The van der Waals surface area contributed by atoms with Gasteiger partial charge in [-0.3, -0.25) is 0 Å². The molecule has 12 heavy (non-hydrogen) atoms. The lowest BCUT2D eigenvalue weighted by Gasteiger charge is -2.09. The summed E-state index contributed by atoms with van der Waals surface area (Å²) in [5.41, 5.74) is 1.24. The smallest absolute Gasteiger partial charge is 0.0954 e. The Bertz CT molecular complexity index is 249. The molecule has 0 bridgehead atoms. The van der Waals surface area contributed by atoms with Crippen molar-refractivity contribution in [1.29, 1.82) is 0 Å². The van der Waals surface area contributed by atoms with Crippen LogP contribution < -0.4 is 5.32 Å². The zero-order valence-corrected chi connectivity index (χ0v) is 7.65. The van der Waals surface area contributed by atoms with Crippen LogP contribution in [0.4, 0.5) is 0 Å². The molecule has 0 spiro atoms. The summed E-state index contributed by atoms with van der Waals surface area (Å²) in [6.45, 7) is 2.20. The summed E-state index contributed by atoms with van der Waals surface area (Å²) in [6.07, 6.45) is 1.74. The van der Waals surface area contributed by atoms with E-state index in [9.17, 15) is 0 Å². The first kappa shape index (κ1) is 8.16. The Balaban J connectivity index is 2.20. The normalized spacial score (nSPS) is 16.1. The fraction of sp³-hybridized carbons (Fsp3) is 0.625. The standard InChI is InChI=1S/C8H12N2OS/c11-4-2-8-10-6-1-3-9-5-7(6)12-8/h9,11H,1-5H2. The average molecular weight is 184 g/mol. The monoisotopic (exact) mass is 184 g/mol. The van der Waals surface area contributed by atoms with E-state index in [4.69, 9.17) is 5.11 Å². The molecule has 0 aromatic carbocycles. The van der Waals surface area contributed by atoms with E-state index < -0.39 is 0 Å². The zero-order chi connectivity index (χ0) is 8.39. The van der Waals surface area contributed by atoms with Gasteiger partial charge in [0.25, 0.3) is 0 Å². The largest absolute Gasteiger partial charge is 0.396 e. The molecule has 0 fully saturated rings. The lowest BCUT2D eigenvalue weighted by molar-refractivity contribution is 0.299. The maximum Gasteiger partial charge on any atom is 0.0954 e. The van der Waals surface area contributed by atoms with Crippen LogP contribution in [0.5, 0.6) is 0 Å². The minimum absolute atomic E-state index is 0.208. The van der Waals surface area contributed by atoms with Crippen LogP contribution in [0.1, 0.15) is 15.6 Å². The van der Waals surface area contributed by atoms with Crippen molar-refractivity contribution in [3.63, 3.8) is 0 Å². The molecule has 1 aliphatic heterocycles. The number of nitrogens with one attached hydrogen (secondary N) is 1. The third-order valence-electron chi connectivity index (χ3n) is 1.97. The van der Waals surface area contributed by atoms with Gasteiger partial charge in [-0.15, -0.1) is 11.3 Å². The van der Waals surface area contributed by atoms with Crippen molar-refractivity contribution in [2.75, 3.05) is 13.2 Å². The summed E-state index contributed by atoms with van der Waals surface area (Å²) in [7, 11) is 0. The lowest BCUT2D eigenvalue weighted by atomic mass is 10.2. The van der Waals surface area contributed by atoms with Crippen LogP contribution in [0, 0.1) is 0 Å². The van der Waals surface area contributed by atoms with Crippen LogP contribution in [-0.4, -0.2) is 23.2 Å². The molecule has 2 N–H and O–H groups in total. The Labute approximate surface area is 75.5 Å². The molecular formula is C8H12N2OS. The molecule has 3 nitrogen and oxygen atoms in total. The SMILES string of the molecule is OCCc1nc2c(s1)CNCC2. The Morgan fingerprint density at radius 1 is 1.58 bits per heavy atom. The van der Waals surface area contributed by atoms with Crippen molar-refractivity contribution in [3.05, 3.63) is 15.6 Å². The van der Waals surface area contributed by atoms with Gasteiger partial charge in [-0.05, 0) is 0 Å². The molecule has 0 radical (unpaired) electrons. The van der Waals surface area contributed by atoms with Gasteiger partial charge in [-0.25, -0.2) is 4.98 Å². The van der Waals surface area contributed by atoms with E-state index in [1.807, 2.05) is 0 Å². The highest BCUT2D eigenvalue weighted by Gasteiger charge is 2.13. The van der Waals surface area contributed by atoms with Crippen molar-refractivity contribution in [2.24, 2.45) is 0 Å². The molecule has 0 amide bonds. The van der Waals surface area contributed by atoms with Crippen LogP contribution in [-0.2, 0) is 19.4 Å². The number of thiazole rings is 1. The first-order chi connectivity index (χ1) is 5.90. The maximum atomic E-state index is 8.73. The van der Waals surface area contributed by atoms with Gasteiger partial charge in [0.1, 0.15) is 0 Å². The number of aliphatic hydroxyl groups is 1. The van der Waals surface area contributed by atoms with Crippen LogP contribution >= 0.6 is 11.3 Å². The quantitative estimate of drug-likeness (QED) is 0.696. The van der Waals surface area contributed by atoms with Crippen LogP contribution in [0.25, 0.3) is 0 Å². The van der Waals surface area contributed by atoms with E-state index in [0.717, 1.165) is 24.5 Å². The molecule has 1 aliphatic rings. The highest BCUT2D eigenvalue weighted by atomic mass is 32.1. The van der Waals surface area contributed by atoms with Gasteiger partial charge < -0.3 is 10.4 Å². The fourth-order valence-corrected chi connectivity index (χ4v) is 2.45. The van der Waals surface area contributed by atoms with Crippen LogP contribution in [0.3, 0.4) is 0 Å². The van der Waals surface area contributed by atoms with Gasteiger partial charge in [0, 0.05) is 37.4 Å². The third kappa shape index (κ3) is 1.50. The number of aliphatic hydroxyl groups excluding tert-OH is 1. The molecule has 1 aromatic heterocycles. The molecule has 0 saturated carbocycles. The van der Waals surface area contributed by atoms with Crippen molar-refractivity contribution in [3.8, 4) is 0 Å². The second-order valence-electron chi connectivity index (χ2n) is 2.88. The Morgan fingerprint density at radius 2 is 2.50 bits per heavy atom. The van der Waals surface area contributed by atoms with Gasteiger partial charge >= 0.3 is 0 Å². The molecule has 2 heterocycles. The average Bonchev–Trinajstić information content (AvgIpc) is 2.47. The van der Waals surface area contributed by atoms with Crippen LogP contribution in [0.2, 0.25) is 0 Å². The molecule has 4 heteroatoms. The van der Waals surface area contributed by atoms with Crippen molar-refractivity contribution in [1.82, 2.24) is 10.3 Å². The van der Waals surface area contributed by atoms with Crippen molar-refractivity contribution < 1.29 is 5.11 Å². The summed E-state index contributed by atoms with van der Waals surface area (Å²) in [4.78, 5) is 5.81. The van der Waals surface area contributed by atoms with Crippen molar-refractivity contribution >= 4 is 11.3 Å². The molecule has 2 rings (SSSR count). The summed E-state index contributed by atoms with van der Waals surface area (Å²) < 4.78 is 0. The second-order valence-corrected chi connectivity index (χ2v) is 4.05. The van der Waals surface area contributed by atoms with E-state index >= 15 is 0 Å². The molecule has 66 valence electrons. The second kappa shape index (κ2) is 3.51. The summed E-state index contributed by atoms with van der Waals surface area (Å²) in [6, 6.07) is 0. The molecule has 0 aliphatic carbocycles. The molecule has 1 aromatic rings. The van der Waals surface area contributed by atoms with Crippen LogP contribution in [0.15, 0.2) is 0 Å². The van der Waals surface area contributed by atoms with Gasteiger partial charge in [0.05, 0.1) is 10.7 Å². The Kier molecular flexibility index (Phi) is 2.39. The molecular weight excluding hydrogens is 172 g/mol. The zero-order valence-electron chi connectivity index (χ0n) is 6.84. The highest BCUT2D eigenvalue weighted by Crippen LogP contribution is 2.21. The molecule has 0 unspecified atom stereocenters. The first-order valence-electron chi connectivity index (χ1n) is 4.19. The lowest BCUT2D eigenvalue weighted by Crippen LogP contribution is -2.22. The number of aromatic nitrogens is 1. The molecule has 0 saturated heterocycles. The minimum Gasteiger partial charge on any atom is -0.396 e. The van der Waals surface area contributed by atoms with E-state index in [2.05, 4.69) is 10.3 Å². The number of nitrogens with zero attached hydrogens (tertiary/aromatic N) is 1. The fourth-order valence-electron chi connectivity index (χ4n) is 1.38. The van der Waals surface area contributed by atoms with E-state index in [1.165, 1.54) is 10.6 Å². The topological polar surface area (TPSA) is 45.2 Å². The number of fused-ring (bicyclic) bond motifs is 1. The Morgan fingerprint density at radius 3 is 3.25 bits per heavy atom. The van der Waals surface area contributed by atoms with Gasteiger partial charge in [-0.1, -0.05) is 0 Å². The minimum atomic E-state index is 0.208. The van der Waals surface area contributed by atoms with E-state index in [1.54, 1.807) is 11.3 Å². The van der Waals surface area contributed by atoms with Gasteiger partial charge in [0.15, 0.2) is 0 Å². The van der Waals surface area contributed by atoms with E-state index in [-0.39, 0.29) is 6.61 Å². The van der Waals surface area contributed by atoms with Crippen molar-refractivity contribution in [2.45, 2.75) is 19.4 Å². The summed E-state index contributed by atoms with van der Waals surface area (Å²) >= 11 is 1.73. The van der Waals surface area contributed by atoms with Gasteiger partial charge in [0.2, 0.25) is 0 Å². The number of hydrogen-bond donors (Lipinski definition) is 2. The third-order valence-corrected chi connectivity index (χ3v) is 3.13. The Hall–Kier alpha value is -0.450. The number of hydrogen-bond acceptors (Lipinski definition) is 4. The predicted molar refractivity (Wildman–Crippen MR) is 48.3 cm³/mol. The van der Waals surface area contributed by atoms with E-state index in [0.29, 0.717) is 6.42 Å². The first-order valence-corrected chi connectivity index (χ1v) is 5.01. The summed E-state index contributed by atoms with van der Waals surface area (Å²) in [5, 5.41) is 13.1. The van der Waals surface area contributed by atoms with Gasteiger partial charge in [-0.2, -0.15) is 0 Å². The number of rotatable bonds is 2. The predicted octanol–water partition coefficient (Wildman–Crippen LogP) is 0.324. The molecule has 0 atom stereocenters. The maximum absolute atomic E-state index is 8.73.